The number of methoxy groups -OCH3 is 1. The molecule has 144 valence electrons. The molecule has 0 bridgehead atoms. The number of nitrogens with one attached hydrogen (secondary N) is 1. The van der Waals surface area contributed by atoms with Crippen LogP contribution in [0.25, 0.3) is 0 Å². The average Bonchev–Trinajstić information content (AvgIpc) is 3.15. The molecule has 2 heterocycles. The number of hydrogen-bond donors (Lipinski definition) is 1. The van der Waals surface area contributed by atoms with E-state index in [4.69, 9.17) is 14.6 Å². The first-order valence-corrected chi connectivity index (χ1v) is 9.37. The van der Waals surface area contributed by atoms with Gasteiger partial charge in [0.05, 0.1) is 26.0 Å². The maximum Gasteiger partial charge on any atom is 0.251 e. The molecule has 1 amide bonds. The molecule has 0 fully saturated rings. The SMILES string of the molecule is COc1ccc(C(=O)NC[C@@H]2OCCc3cn(Cc4ccccc4)nc32)cc1. The van der Waals surface area contributed by atoms with Crippen molar-refractivity contribution in [1.82, 2.24) is 15.1 Å². The van der Waals surface area contributed by atoms with Crippen LogP contribution >= 0.6 is 0 Å². The van der Waals surface area contributed by atoms with Gasteiger partial charge in [-0.25, -0.2) is 0 Å². The largest absolute Gasteiger partial charge is 0.497 e. The molecule has 1 N–H and O–H groups in total. The first-order chi connectivity index (χ1) is 13.7. The van der Waals surface area contributed by atoms with Gasteiger partial charge in [0, 0.05) is 18.3 Å². The number of hydrogen-bond acceptors (Lipinski definition) is 4. The summed E-state index contributed by atoms with van der Waals surface area (Å²) in [6, 6.07) is 17.3. The van der Waals surface area contributed by atoms with Crippen LogP contribution in [-0.2, 0) is 17.7 Å². The first-order valence-electron chi connectivity index (χ1n) is 9.37. The average molecular weight is 377 g/mol. The Morgan fingerprint density at radius 2 is 2.00 bits per heavy atom. The summed E-state index contributed by atoms with van der Waals surface area (Å²) in [5.41, 5.74) is 3.89. The number of fused-ring (bicyclic) bond motifs is 1. The van der Waals surface area contributed by atoms with Gasteiger partial charge in [0.1, 0.15) is 11.9 Å². The highest BCUT2D eigenvalue weighted by Gasteiger charge is 2.25. The molecule has 6 nitrogen and oxygen atoms in total. The lowest BCUT2D eigenvalue weighted by molar-refractivity contribution is 0.0383. The first kappa shape index (κ1) is 18.3. The van der Waals surface area contributed by atoms with Gasteiger partial charge in [0.15, 0.2) is 0 Å². The number of ether oxygens (including phenoxy) is 2. The number of rotatable bonds is 6. The zero-order valence-corrected chi connectivity index (χ0v) is 15.8. The minimum Gasteiger partial charge on any atom is -0.497 e. The molecule has 0 spiro atoms. The molecule has 0 unspecified atom stereocenters. The molecule has 3 aromatic rings. The Labute approximate surface area is 164 Å². The van der Waals surface area contributed by atoms with Crippen molar-refractivity contribution in [3.05, 3.63) is 83.2 Å². The molecule has 4 rings (SSSR count). The summed E-state index contributed by atoms with van der Waals surface area (Å²) in [5.74, 6) is 0.586. The molecular weight excluding hydrogens is 354 g/mol. The Balaban J connectivity index is 1.41. The molecule has 0 saturated heterocycles. The topological polar surface area (TPSA) is 65.4 Å². The second-order valence-corrected chi connectivity index (χ2v) is 6.77. The van der Waals surface area contributed by atoms with Crippen molar-refractivity contribution in [3.63, 3.8) is 0 Å². The minimum absolute atomic E-state index is 0.137. The Morgan fingerprint density at radius 1 is 1.21 bits per heavy atom. The fraction of sp³-hybridized carbons (Fsp3) is 0.273. The molecule has 1 atom stereocenters. The molecule has 0 saturated carbocycles. The van der Waals surface area contributed by atoms with E-state index < -0.39 is 0 Å². The predicted octanol–water partition coefficient (Wildman–Crippen LogP) is 2.98. The van der Waals surface area contributed by atoms with Crippen molar-refractivity contribution in [2.75, 3.05) is 20.3 Å². The van der Waals surface area contributed by atoms with Gasteiger partial charge in [-0.15, -0.1) is 0 Å². The van der Waals surface area contributed by atoms with Gasteiger partial charge in [0.25, 0.3) is 5.91 Å². The highest BCUT2D eigenvalue weighted by molar-refractivity contribution is 5.94. The number of nitrogens with zero attached hydrogens (tertiary/aromatic N) is 2. The Morgan fingerprint density at radius 3 is 2.75 bits per heavy atom. The smallest absolute Gasteiger partial charge is 0.251 e. The lowest BCUT2D eigenvalue weighted by Crippen LogP contribution is -2.31. The summed E-state index contributed by atoms with van der Waals surface area (Å²) >= 11 is 0. The summed E-state index contributed by atoms with van der Waals surface area (Å²) in [5, 5.41) is 7.68. The fourth-order valence-electron chi connectivity index (χ4n) is 3.37. The molecule has 1 aliphatic heterocycles. The summed E-state index contributed by atoms with van der Waals surface area (Å²) in [6.45, 7) is 1.74. The molecule has 0 radical (unpaired) electrons. The van der Waals surface area contributed by atoms with Crippen LogP contribution in [-0.4, -0.2) is 35.9 Å². The van der Waals surface area contributed by atoms with E-state index in [1.165, 1.54) is 11.1 Å². The van der Waals surface area contributed by atoms with Crippen molar-refractivity contribution in [2.24, 2.45) is 0 Å². The number of aromatic nitrogens is 2. The van der Waals surface area contributed by atoms with Crippen molar-refractivity contribution >= 4 is 5.91 Å². The molecule has 6 heteroatoms. The zero-order valence-electron chi connectivity index (χ0n) is 15.8. The van der Waals surface area contributed by atoms with Gasteiger partial charge < -0.3 is 14.8 Å². The third kappa shape index (κ3) is 4.07. The quantitative estimate of drug-likeness (QED) is 0.717. The van der Waals surface area contributed by atoms with Gasteiger partial charge in [0.2, 0.25) is 0 Å². The maximum atomic E-state index is 12.4. The van der Waals surface area contributed by atoms with E-state index in [-0.39, 0.29) is 12.0 Å². The monoisotopic (exact) mass is 377 g/mol. The van der Waals surface area contributed by atoms with Crippen LogP contribution in [0.3, 0.4) is 0 Å². The van der Waals surface area contributed by atoms with Crippen LogP contribution in [0.1, 0.15) is 33.3 Å². The van der Waals surface area contributed by atoms with Crippen molar-refractivity contribution in [3.8, 4) is 5.75 Å². The van der Waals surface area contributed by atoms with Gasteiger partial charge >= 0.3 is 0 Å². The maximum absolute atomic E-state index is 12.4. The van der Waals surface area contributed by atoms with Crippen molar-refractivity contribution in [2.45, 2.75) is 19.1 Å². The summed E-state index contributed by atoms with van der Waals surface area (Å²) in [4.78, 5) is 12.4. The van der Waals surface area contributed by atoms with E-state index in [2.05, 4.69) is 23.6 Å². The van der Waals surface area contributed by atoms with Crippen LogP contribution in [0.15, 0.2) is 60.8 Å². The van der Waals surface area contributed by atoms with Crippen molar-refractivity contribution in [1.29, 1.82) is 0 Å². The number of carbonyl (C=O) groups is 1. The van der Waals surface area contributed by atoms with Gasteiger partial charge in [-0.2, -0.15) is 5.10 Å². The fourth-order valence-corrected chi connectivity index (χ4v) is 3.37. The van der Waals surface area contributed by atoms with Gasteiger partial charge in [-0.1, -0.05) is 30.3 Å². The summed E-state index contributed by atoms with van der Waals surface area (Å²) < 4.78 is 13.0. The van der Waals surface area contributed by atoms with Crippen LogP contribution in [0.2, 0.25) is 0 Å². The van der Waals surface area contributed by atoms with E-state index >= 15 is 0 Å². The molecule has 0 aliphatic carbocycles. The summed E-state index contributed by atoms with van der Waals surface area (Å²) in [7, 11) is 1.60. The second-order valence-electron chi connectivity index (χ2n) is 6.77. The van der Waals surface area contributed by atoms with E-state index in [0.29, 0.717) is 18.7 Å². The molecule has 28 heavy (non-hydrogen) atoms. The molecule has 1 aliphatic rings. The predicted molar refractivity (Wildman–Crippen MR) is 105 cm³/mol. The van der Waals surface area contributed by atoms with Crippen LogP contribution in [0.5, 0.6) is 5.75 Å². The normalized spacial score (nSPS) is 15.7. The van der Waals surface area contributed by atoms with E-state index in [1.54, 1.807) is 31.4 Å². The van der Waals surface area contributed by atoms with E-state index in [9.17, 15) is 4.79 Å². The Kier molecular flexibility index (Phi) is 5.39. The van der Waals surface area contributed by atoms with E-state index in [1.807, 2.05) is 22.9 Å². The third-order valence-electron chi connectivity index (χ3n) is 4.85. The zero-order chi connectivity index (χ0) is 19.3. The highest BCUT2D eigenvalue weighted by Crippen LogP contribution is 2.25. The van der Waals surface area contributed by atoms with E-state index in [0.717, 1.165) is 24.4 Å². The Bertz CT molecular complexity index is 935. The van der Waals surface area contributed by atoms with Gasteiger partial charge in [-0.3, -0.25) is 9.48 Å². The van der Waals surface area contributed by atoms with Crippen molar-refractivity contribution < 1.29 is 14.3 Å². The second kappa shape index (κ2) is 8.27. The number of amides is 1. The Hall–Kier alpha value is -3.12. The van der Waals surface area contributed by atoms with Crippen LogP contribution in [0, 0.1) is 0 Å². The number of carbonyl (C=O) groups excluding carboxylic acids is 1. The molecule has 1 aromatic heterocycles. The standard InChI is InChI=1S/C22H23N3O3/c1-27-19-9-7-17(8-10-19)22(26)23-13-20-21-18(11-12-28-20)15-25(24-21)14-16-5-3-2-4-6-16/h2-10,15,20H,11-14H2,1H3,(H,23,26)/t20-/m0/s1. The third-order valence-corrected chi connectivity index (χ3v) is 4.85. The molecule has 2 aromatic carbocycles. The minimum atomic E-state index is -0.233. The lowest BCUT2D eigenvalue weighted by Gasteiger charge is -2.22. The van der Waals surface area contributed by atoms with Gasteiger partial charge in [-0.05, 0) is 41.8 Å². The lowest BCUT2D eigenvalue weighted by atomic mass is 10.1. The highest BCUT2D eigenvalue weighted by atomic mass is 16.5. The van der Waals surface area contributed by atoms with Crippen LogP contribution < -0.4 is 10.1 Å². The summed E-state index contributed by atoms with van der Waals surface area (Å²) in [6.07, 6.45) is 2.69. The molecular formula is C22H23N3O3. The van der Waals surface area contributed by atoms with Crippen LogP contribution in [0.4, 0.5) is 0 Å². The number of benzene rings is 2.